The second-order valence-electron chi connectivity index (χ2n) is 4.96. The van der Waals surface area contributed by atoms with E-state index in [-0.39, 0.29) is 5.54 Å². The molecule has 17 heavy (non-hydrogen) atoms. The van der Waals surface area contributed by atoms with E-state index in [1.807, 2.05) is 0 Å². The summed E-state index contributed by atoms with van der Waals surface area (Å²) in [6.07, 6.45) is 5.56. The van der Waals surface area contributed by atoms with Crippen molar-refractivity contribution in [3.63, 3.8) is 0 Å². The summed E-state index contributed by atoms with van der Waals surface area (Å²) >= 11 is 0. The van der Waals surface area contributed by atoms with Crippen molar-refractivity contribution < 1.29 is 0 Å². The molecular weight excluding hydrogens is 214 g/mol. The third-order valence-corrected chi connectivity index (χ3v) is 3.59. The Bertz CT molecular complexity index is 365. The number of hydrogen-bond acceptors (Lipinski definition) is 4. The molecule has 0 atom stereocenters. The van der Waals surface area contributed by atoms with Gasteiger partial charge in [-0.3, -0.25) is 4.57 Å². The van der Waals surface area contributed by atoms with Gasteiger partial charge < -0.3 is 11.1 Å². The summed E-state index contributed by atoms with van der Waals surface area (Å²) in [5, 5.41) is 11.7. The molecule has 3 N–H and O–H groups in total. The van der Waals surface area contributed by atoms with Gasteiger partial charge in [0.25, 0.3) is 0 Å². The second kappa shape index (κ2) is 5.04. The maximum absolute atomic E-state index is 6.40. The SMILES string of the molecule is CCNc1nnc(CC2(N)CCCC2)n1CC. The Kier molecular flexibility index (Phi) is 3.66. The van der Waals surface area contributed by atoms with Crippen LogP contribution >= 0.6 is 0 Å². The van der Waals surface area contributed by atoms with Crippen LogP contribution in [-0.2, 0) is 13.0 Å². The van der Waals surface area contributed by atoms with Crippen molar-refractivity contribution in [2.75, 3.05) is 11.9 Å². The molecule has 0 aromatic carbocycles. The molecule has 1 aliphatic rings. The van der Waals surface area contributed by atoms with Crippen LogP contribution < -0.4 is 11.1 Å². The van der Waals surface area contributed by atoms with E-state index < -0.39 is 0 Å². The first-order valence-corrected chi connectivity index (χ1v) is 6.63. The highest BCUT2D eigenvalue weighted by Crippen LogP contribution is 2.30. The third-order valence-electron chi connectivity index (χ3n) is 3.59. The van der Waals surface area contributed by atoms with Crippen LogP contribution in [0.5, 0.6) is 0 Å². The van der Waals surface area contributed by atoms with Gasteiger partial charge in [-0.05, 0) is 26.7 Å². The number of hydrogen-bond donors (Lipinski definition) is 2. The Balaban J connectivity index is 2.14. The van der Waals surface area contributed by atoms with Crippen molar-refractivity contribution in [1.29, 1.82) is 0 Å². The predicted octanol–water partition coefficient (Wildman–Crippen LogP) is 1.54. The molecule has 0 unspecified atom stereocenters. The quantitative estimate of drug-likeness (QED) is 0.815. The summed E-state index contributed by atoms with van der Waals surface area (Å²) in [6.45, 7) is 5.94. The zero-order valence-electron chi connectivity index (χ0n) is 10.9. The molecule has 1 fully saturated rings. The summed E-state index contributed by atoms with van der Waals surface area (Å²) in [6, 6.07) is 0. The maximum atomic E-state index is 6.40. The summed E-state index contributed by atoms with van der Waals surface area (Å²) in [5.41, 5.74) is 6.34. The Morgan fingerprint density at radius 1 is 1.29 bits per heavy atom. The highest BCUT2D eigenvalue weighted by Gasteiger charge is 2.31. The van der Waals surface area contributed by atoms with Crippen LogP contribution in [0.4, 0.5) is 5.95 Å². The third kappa shape index (κ3) is 2.60. The largest absolute Gasteiger partial charge is 0.355 e. The number of nitrogens with zero attached hydrogens (tertiary/aromatic N) is 3. The summed E-state index contributed by atoms with van der Waals surface area (Å²) in [5.74, 6) is 1.89. The summed E-state index contributed by atoms with van der Waals surface area (Å²) in [4.78, 5) is 0. The van der Waals surface area contributed by atoms with Gasteiger partial charge in [0, 0.05) is 25.0 Å². The fraction of sp³-hybridized carbons (Fsp3) is 0.833. The second-order valence-corrected chi connectivity index (χ2v) is 4.96. The highest BCUT2D eigenvalue weighted by molar-refractivity contribution is 5.26. The van der Waals surface area contributed by atoms with E-state index in [1.54, 1.807) is 0 Å². The molecule has 1 heterocycles. The van der Waals surface area contributed by atoms with E-state index in [0.717, 1.165) is 44.1 Å². The summed E-state index contributed by atoms with van der Waals surface area (Å²) < 4.78 is 2.14. The molecular formula is C12H23N5. The molecule has 0 aliphatic heterocycles. The van der Waals surface area contributed by atoms with Gasteiger partial charge in [-0.25, -0.2) is 0 Å². The van der Waals surface area contributed by atoms with Gasteiger partial charge in [0.2, 0.25) is 5.95 Å². The first-order valence-electron chi connectivity index (χ1n) is 6.63. The van der Waals surface area contributed by atoms with Crippen LogP contribution in [0, 0.1) is 0 Å². The van der Waals surface area contributed by atoms with Crippen LogP contribution in [0.3, 0.4) is 0 Å². The lowest BCUT2D eigenvalue weighted by Gasteiger charge is -2.23. The van der Waals surface area contributed by atoms with Crippen LogP contribution in [0.1, 0.15) is 45.4 Å². The van der Waals surface area contributed by atoms with Crippen LogP contribution in [0.15, 0.2) is 0 Å². The maximum Gasteiger partial charge on any atom is 0.224 e. The van der Waals surface area contributed by atoms with Crippen molar-refractivity contribution in [3.05, 3.63) is 5.82 Å². The van der Waals surface area contributed by atoms with Crippen molar-refractivity contribution >= 4 is 5.95 Å². The smallest absolute Gasteiger partial charge is 0.224 e. The molecule has 1 aromatic rings. The molecule has 1 aliphatic carbocycles. The van der Waals surface area contributed by atoms with E-state index in [4.69, 9.17) is 5.73 Å². The fourth-order valence-corrected chi connectivity index (χ4v) is 2.66. The van der Waals surface area contributed by atoms with Gasteiger partial charge in [0.15, 0.2) is 0 Å². The van der Waals surface area contributed by atoms with Crippen LogP contribution in [0.2, 0.25) is 0 Å². The topological polar surface area (TPSA) is 68.8 Å². The lowest BCUT2D eigenvalue weighted by atomic mass is 9.94. The first kappa shape index (κ1) is 12.4. The van der Waals surface area contributed by atoms with Crippen molar-refractivity contribution in [1.82, 2.24) is 14.8 Å². The minimum atomic E-state index is -0.0521. The zero-order chi connectivity index (χ0) is 12.3. The number of rotatable bonds is 5. The molecule has 2 rings (SSSR count). The molecule has 96 valence electrons. The van der Waals surface area contributed by atoms with Crippen LogP contribution in [-0.4, -0.2) is 26.8 Å². The van der Waals surface area contributed by atoms with E-state index in [9.17, 15) is 0 Å². The van der Waals surface area contributed by atoms with Gasteiger partial charge in [0.1, 0.15) is 5.82 Å². The average Bonchev–Trinajstić information content (AvgIpc) is 2.87. The summed E-state index contributed by atoms with van der Waals surface area (Å²) in [7, 11) is 0. The molecule has 1 saturated carbocycles. The number of nitrogens with one attached hydrogen (secondary N) is 1. The van der Waals surface area contributed by atoms with Gasteiger partial charge in [-0.1, -0.05) is 12.8 Å². The van der Waals surface area contributed by atoms with Gasteiger partial charge in [-0.15, -0.1) is 10.2 Å². The van der Waals surface area contributed by atoms with E-state index >= 15 is 0 Å². The van der Waals surface area contributed by atoms with Gasteiger partial charge >= 0.3 is 0 Å². The highest BCUT2D eigenvalue weighted by atomic mass is 15.3. The lowest BCUT2D eigenvalue weighted by molar-refractivity contribution is 0.418. The average molecular weight is 237 g/mol. The number of nitrogens with two attached hydrogens (primary N) is 1. The minimum Gasteiger partial charge on any atom is -0.355 e. The predicted molar refractivity (Wildman–Crippen MR) is 69.0 cm³/mol. The Morgan fingerprint density at radius 2 is 2.00 bits per heavy atom. The molecule has 0 spiro atoms. The van der Waals surface area contributed by atoms with Crippen molar-refractivity contribution in [2.24, 2.45) is 5.73 Å². The Labute approximate surface area is 103 Å². The van der Waals surface area contributed by atoms with Gasteiger partial charge in [-0.2, -0.15) is 0 Å². The van der Waals surface area contributed by atoms with E-state index in [1.165, 1.54) is 12.8 Å². The molecule has 0 radical (unpaired) electrons. The molecule has 0 saturated heterocycles. The zero-order valence-corrected chi connectivity index (χ0v) is 10.9. The molecule has 1 aromatic heterocycles. The molecule has 0 amide bonds. The fourth-order valence-electron chi connectivity index (χ4n) is 2.66. The van der Waals surface area contributed by atoms with E-state index in [2.05, 4.69) is 33.9 Å². The first-order chi connectivity index (χ1) is 8.18. The lowest BCUT2D eigenvalue weighted by Crippen LogP contribution is -2.39. The number of aromatic nitrogens is 3. The van der Waals surface area contributed by atoms with Crippen molar-refractivity contribution in [3.8, 4) is 0 Å². The standard InChI is InChI=1S/C12H23N5/c1-3-14-11-16-15-10(17(11)4-2)9-12(13)7-5-6-8-12/h3-9,13H2,1-2H3,(H,14,16). The minimum absolute atomic E-state index is 0.0521. The molecule has 5 heteroatoms. The normalized spacial score (nSPS) is 18.5. The number of anilines is 1. The van der Waals surface area contributed by atoms with Crippen molar-refractivity contribution in [2.45, 2.75) is 58.0 Å². The molecule has 5 nitrogen and oxygen atoms in total. The van der Waals surface area contributed by atoms with Crippen LogP contribution in [0.25, 0.3) is 0 Å². The Hall–Kier alpha value is -1.10. The Morgan fingerprint density at radius 3 is 2.59 bits per heavy atom. The van der Waals surface area contributed by atoms with E-state index in [0.29, 0.717) is 0 Å². The monoisotopic (exact) mass is 237 g/mol. The molecule has 0 bridgehead atoms. The van der Waals surface area contributed by atoms with Gasteiger partial charge in [0.05, 0.1) is 0 Å².